The third kappa shape index (κ3) is 6.09. The molecule has 2 aromatic carbocycles. The van der Waals surface area contributed by atoms with Crippen LogP contribution in [-0.4, -0.2) is 36.4 Å². The van der Waals surface area contributed by atoms with Crippen molar-refractivity contribution >= 4 is 11.8 Å². The van der Waals surface area contributed by atoms with E-state index in [0.29, 0.717) is 24.3 Å². The van der Waals surface area contributed by atoms with Crippen LogP contribution >= 0.6 is 0 Å². The molecule has 0 saturated carbocycles. The summed E-state index contributed by atoms with van der Waals surface area (Å²) in [5, 5.41) is 2.73. The highest BCUT2D eigenvalue weighted by Crippen LogP contribution is 2.16. The van der Waals surface area contributed by atoms with Gasteiger partial charge in [0, 0.05) is 26.4 Å². The Labute approximate surface area is 159 Å². The van der Waals surface area contributed by atoms with Gasteiger partial charge in [-0.15, -0.1) is 0 Å². The number of ether oxygens (including phenoxy) is 1. The summed E-state index contributed by atoms with van der Waals surface area (Å²) in [7, 11) is 1.58. The molecule has 2 aromatic rings. The Morgan fingerprint density at radius 3 is 2.48 bits per heavy atom. The largest absolute Gasteiger partial charge is 0.497 e. The minimum atomic E-state index is -0.705. The summed E-state index contributed by atoms with van der Waals surface area (Å²) >= 11 is 0. The average molecular weight is 372 g/mol. The SMILES string of the molecule is CCN(Cc1cccc(F)c1)C(=O)[C@H](Cc1cccc(OC)c1)NC(C)=O. The van der Waals surface area contributed by atoms with Gasteiger partial charge in [-0.3, -0.25) is 9.59 Å². The molecule has 0 aliphatic rings. The van der Waals surface area contributed by atoms with Crippen LogP contribution in [-0.2, 0) is 22.6 Å². The Bertz CT molecular complexity index is 795. The molecule has 0 saturated heterocycles. The van der Waals surface area contributed by atoms with Gasteiger partial charge in [-0.05, 0) is 42.3 Å². The summed E-state index contributed by atoms with van der Waals surface area (Å²) < 4.78 is 18.7. The lowest BCUT2D eigenvalue weighted by Gasteiger charge is -2.27. The van der Waals surface area contributed by atoms with Crippen molar-refractivity contribution in [2.75, 3.05) is 13.7 Å². The maximum Gasteiger partial charge on any atom is 0.245 e. The van der Waals surface area contributed by atoms with Crippen LogP contribution in [0.25, 0.3) is 0 Å². The predicted octanol–water partition coefficient (Wildman–Crippen LogP) is 2.93. The van der Waals surface area contributed by atoms with Crippen molar-refractivity contribution in [3.63, 3.8) is 0 Å². The summed E-state index contributed by atoms with van der Waals surface area (Å²) in [6.45, 7) is 3.97. The molecular formula is C21H25FN2O3. The number of halogens is 1. The van der Waals surface area contributed by atoms with E-state index in [0.717, 1.165) is 5.56 Å². The molecule has 144 valence electrons. The molecule has 0 aliphatic carbocycles. The van der Waals surface area contributed by atoms with Gasteiger partial charge in [0.15, 0.2) is 0 Å². The van der Waals surface area contributed by atoms with Crippen LogP contribution in [0, 0.1) is 5.82 Å². The molecule has 1 N–H and O–H groups in total. The van der Waals surface area contributed by atoms with Gasteiger partial charge < -0.3 is 15.0 Å². The van der Waals surface area contributed by atoms with E-state index < -0.39 is 6.04 Å². The fraction of sp³-hybridized carbons (Fsp3) is 0.333. The van der Waals surface area contributed by atoms with Gasteiger partial charge in [0.25, 0.3) is 0 Å². The first kappa shape index (κ1) is 20.4. The van der Waals surface area contributed by atoms with Crippen molar-refractivity contribution in [2.24, 2.45) is 0 Å². The predicted molar refractivity (Wildman–Crippen MR) is 102 cm³/mol. The van der Waals surface area contributed by atoms with Gasteiger partial charge in [0.2, 0.25) is 11.8 Å². The normalized spacial score (nSPS) is 11.6. The van der Waals surface area contributed by atoms with Gasteiger partial charge in [0.05, 0.1) is 7.11 Å². The number of hydrogen-bond donors (Lipinski definition) is 1. The summed E-state index contributed by atoms with van der Waals surface area (Å²) in [4.78, 5) is 26.3. The molecule has 0 bridgehead atoms. The number of amides is 2. The second-order valence-electron chi connectivity index (χ2n) is 6.29. The lowest BCUT2D eigenvalue weighted by Crippen LogP contribution is -2.49. The van der Waals surface area contributed by atoms with Crippen LogP contribution in [0.1, 0.15) is 25.0 Å². The quantitative estimate of drug-likeness (QED) is 0.775. The van der Waals surface area contributed by atoms with E-state index in [4.69, 9.17) is 4.74 Å². The highest BCUT2D eigenvalue weighted by molar-refractivity contribution is 5.87. The molecule has 0 radical (unpaired) electrons. The van der Waals surface area contributed by atoms with Crippen molar-refractivity contribution in [2.45, 2.75) is 32.9 Å². The van der Waals surface area contributed by atoms with Gasteiger partial charge in [-0.2, -0.15) is 0 Å². The average Bonchev–Trinajstić information content (AvgIpc) is 2.65. The molecule has 0 heterocycles. The van der Waals surface area contributed by atoms with E-state index in [9.17, 15) is 14.0 Å². The van der Waals surface area contributed by atoms with Crippen LogP contribution in [0.4, 0.5) is 4.39 Å². The number of nitrogens with one attached hydrogen (secondary N) is 1. The molecule has 6 heteroatoms. The topological polar surface area (TPSA) is 58.6 Å². The van der Waals surface area contributed by atoms with Crippen molar-refractivity contribution < 1.29 is 18.7 Å². The molecule has 27 heavy (non-hydrogen) atoms. The second kappa shape index (κ2) is 9.71. The first-order chi connectivity index (χ1) is 12.9. The molecule has 2 amide bonds. The van der Waals surface area contributed by atoms with Crippen LogP contribution in [0.15, 0.2) is 48.5 Å². The lowest BCUT2D eigenvalue weighted by atomic mass is 10.0. The number of nitrogens with zero attached hydrogens (tertiary/aromatic N) is 1. The van der Waals surface area contributed by atoms with E-state index in [1.807, 2.05) is 31.2 Å². The molecule has 0 aliphatic heterocycles. The van der Waals surface area contributed by atoms with Gasteiger partial charge in [-0.1, -0.05) is 24.3 Å². The number of hydrogen-bond acceptors (Lipinski definition) is 3. The zero-order chi connectivity index (χ0) is 19.8. The van der Waals surface area contributed by atoms with Crippen LogP contribution in [0.3, 0.4) is 0 Å². The van der Waals surface area contributed by atoms with Gasteiger partial charge in [-0.25, -0.2) is 4.39 Å². The first-order valence-corrected chi connectivity index (χ1v) is 8.86. The van der Waals surface area contributed by atoms with E-state index >= 15 is 0 Å². The minimum Gasteiger partial charge on any atom is -0.497 e. The summed E-state index contributed by atoms with van der Waals surface area (Å²) in [6.07, 6.45) is 0.343. The standard InChI is InChI=1S/C21H25FN2O3/c1-4-24(14-17-8-5-9-18(22)11-17)21(26)20(23-15(2)25)13-16-7-6-10-19(12-16)27-3/h5-12,20H,4,13-14H2,1-3H3,(H,23,25)/t20-/m0/s1. The number of benzene rings is 2. The van der Waals surface area contributed by atoms with E-state index in [2.05, 4.69) is 5.32 Å². The highest BCUT2D eigenvalue weighted by Gasteiger charge is 2.25. The molecule has 1 atom stereocenters. The molecule has 2 rings (SSSR count). The molecular weight excluding hydrogens is 347 g/mol. The molecule has 5 nitrogen and oxygen atoms in total. The molecule has 0 aromatic heterocycles. The number of carbonyl (C=O) groups is 2. The smallest absolute Gasteiger partial charge is 0.245 e. The molecule has 0 spiro atoms. The second-order valence-corrected chi connectivity index (χ2v) is 6.29. The summed E-state index contributed by atoms with van der Waals surface area (Å²) in [6, 6.07) is 12.8. The highest BCUT2D eigenvalue weighted by atomic mass is 19.1. The Hall–Kier alpha value is -2.89. The number of methoxy groups -OCH3 is 1. The Kier molecular flexibility index (Phi) is 7.34. The number of carbonyl (C=O) groups excluding carboxylic acids is 2. The Morgan fingerprint density at radius 2 is 1.85 bits per heavy atom. The van der Waals surface area contributed by atoms with E-state index in [1.165, 1.54) is 19.1 Å². The minimum absolute atomic E-state index is 0.209. The van der Waals surface area contributed by atoms with E-state index in [-0.39, 0.29) is 24.2 Å². The first-order valence-electron chi connectivity index (χ1n) is 8.86. The maximum absolute atomic E-state index is 13.4. The third-order valence-corrected chi connectivity index (χ3v) is 4.21. The summed E-state index contributed by atoms with van der Waals surface area (Å²) in [5.74, 6) is -0.141. The third-order valence-electron chi connectivity index (χ3n) is 4.21. The van der Waals surface area contributed by atoms with Crippen molar-refractivity contribution in [3.05, 3.63) is 65.5 Å². The monoisotopic (exact) mass is 372 g/mol. The van der Waals surface area contributed by atoms with Crippen molar-refractivity contribution in [1.82, 2.24) is 10.2 Å². The van der Waals surface area contributed by atoms with Gasteiger partial charge in [0.1, 0.15) is 17.6 Å². The van der Waals surface area contributed by atoms with E-state index in [1.54, 1.807) is 24.1 Å². The zero-order valence-electron chi connectivity index (χ0n) is 15.9. The molecule has 0 fully saturated rings. The van der Waals surface area contributed by atoms with Gasteiger partial charge >= 0.3 is 0 Å². The van der Waals surface area contributed by atoms with Crippen LogP contribution < -0.4 is 10.1 Å². The summed E-state index contributed by atoms with van der Waals surface area (Å²) in [5.41, 5.74) is 1.58. The maximum atomic E-state index is 13.4. The fourth-order valence-electron chi connectivity index (χ4n) is 2.90. The zero-order valence-corrected chi connectivity index (χ0v) is 15.9. The fourth-order valence-corrected chi connectivity index (χ4v) is 2.90. The lowest BCUT2D eigenvalue weighted by molar-refractivity contribution is -0.136. The Morgan fingerprint density at radius 1 is 1.15 bits per heavy atom. The number of rotatable bonds is 8. The van der Waals surface area contributed by atoms with Crippen LogP contribution in [0.5, 0.6) is 5.75 Å². The van der Waals surface area contributed by atoms with Crippen LogP contribution in [0.2, 0.25) is 0 Å². The van der Waals surface area contributed by atoms with Crippen molar-refractivity contribution in [3.8, 4) is 5.75 Å². The molecule has 0 unspecified atom stereocenters. The Balaban J connectivity index is 2.19. The number of likely N-dealkylation sites (N-methyl/N-ethyl adjacent to an activating group) is 1. The van der Waals surface area contributed by atoms with Crippen molar-refractivity contribution in [1.29, 1.82) is 0 Å².